The van der Waals surface area contributed by atoms with Crippen LogP contribution in [-0.4, -0.2) is 6.10 Å². The zero-order valence-electron chi connectivity index (χ0n) is 13.0. The molecule has 1 unspecified atom stereocenters. The van der Waals surface area contributed by atoms with E-state index in [0.29, 0.717) is 12.0 Å². The number of rotatable bonds is 4. The molecule has 0 amide bonds. The molecule has 0 saturated carbocycles. The number of fused-ring (bicyclic) bond motifs is 1. The average molecular weight is 261 g/mol. The lowest BCUT2D eigenvalue weighted by molar-refractivity contribution is 0.225. The second-order valence-electron chi connectivity index (χ2n) is 5.81. The van der Waals surface area contributed by atoms with E-state index in [0.717, 1.165) is 37.1 Å². The maximum Gasteiger partial charge on any atom is 0.127 e. The van der Waals surface area contributed by atoms with E-state index in [9.17, 15) is 0 Å². The highest BCUT2D eigenvalue weighted by molar-refractivity contribution is 5.68. The fourth-order valence-electron chi connectivity index (χ4n) is 3.34. The van der Waals surface area contributed by atoms with Gasteiger partial charge in [0.25, 0.3) is 0 Å². The molecular formula is C17H27NO. The van der Waals surface area contributed by atoms with Crippen molar-refractivity contribution in [2.75, 3.05) is 5.73 Å². The molecule has 1 aromatic rings. The van der Waals surface area contributed by atoms with Crippen molar-refractivity contribution < 1.29 is 4.74 Å². The van der Waals surface area contributed by atoms with Crippen LogP contribution in [0.3, 0.4) is 0 Å². The second-order valence-corrected chi connectivity index (χ2v) is 5.81. The Morgan fingerprint density at radius 1 is 1.16 bits per heavy atom. The van der Waals surface area contributed by atoms with Crippen molar-refractivity contribution in [3.05, 3.63) is 22.3 Å². The van der Waals surface area contributed by atoms with Crippen LogP contribution in [-0.2, 0) is 19.3 Å². The third-order valence-corrected chi connectivity index (χ3v) is 4.31. The summed E-state index contributed by atoms with van der Waals surface area (Å²) in [5, 5.41) is 0. The van der Waals surface area contributed by atoms with Gasteiger partial charge in [0.15, 0.2) is 0 Å². The summed E-state index contributed by atoms with van der Waals surface area (Å²) in [6.07, 6.45) is 4.42. The first kappa shape index (κ1) is 14.2. The molecule has 1 aliphatic heterocycles. The molecule has 0 aromatic heterocycles. The summed E-state index contributed by atoms with van der Waals surface area (Å²) in [4.78, 5) is 0. The zero-order valence-corrected chi connectivity index (χ0v) is 13.0. The molecule has 0 aliphatic carbocycles. The van der Waals surface area contributed by atoms with E-state index in [1.807, 2.05) is 0 Å². The average Bonchev–Trinajstić information content (AvgIpc) is 2.80. The smallest absolute Gasteiger partial charge is 0.127 e. The summed E-state index contributed by atoms with van der Waals surface area (Å²) in [5.74, 6) is 1.62. The first-order chi connectivity index (χ1) is 9.04. The van der Waals surface area contributed by atoms with Gasteiger partial charge in [0.05, 0.1) is 0 Å². The van der Waals surface area contributed by atoms with Crippen molar-refractivity contribution in [3.63, 3.8) is 0 Å². The van der Waals surface area contributed by atoms with Crippen LogP contribution in [0.2, 0.25) is 0 Å². The van der Waals surface area contributed by atoms with Gasteiger partial charge in [-0.05, 0) is 36.3 Å². The van der Waals surface area contributed by atoms with E-state index in [1.54, 1.807) is 0 Å². The molecule has 0 radical (unpaired) electrons. The van der Waals surface area contributed by atoms with Crippen LogP contribution < -0.4 is 10.5 Å². The van der Waals surface area contributed by atoms with Crippen molar-refractivity contribution >= 4 is 5.69 Å². The predicted octanol–water partition coefficient (Wildman–Crippen LogP) is 4.23. The predicted molar refractivity (Wildman–Crippen MR) is 82.1 cm³/mol. The molecule has 0 saturated heterocycles. The summed E-state index contributed by atoms with van der Waals surface area (Å²) in [7, 11) is 0. The van der Waals surface area contributed by atoms with Crippen LogP contribution in [0.25, 0.3) is 0 Å². The van der Waals surface area contributed by atoms with Gasteiger partial charge in [0.1, 0.15) is 11.9 Å². The normalized spacial score (nSPS) is 17.7. The summed E-state index contributed by atoms with van der Waals surface area (Å²) in [6, 6.07) is 0. The molecule has 1 aliphatic rings. The van der Waals surface area contributed by atoms with E-state index < -0.39 is 0 Å². The van der Waals surface area contributed by atoms with Gasteiger partial charge in [-0.2, -0.15) is 0 Å². The SMILES string of the molecule is CCc1c(N)c(CC)c(C(C)C)c2c1CC(CC)O2. The van der Waals surface area contributed by atoms with Gasteiger partial charge in [-0.1, -0.05) is 34.6 Å². The quantitative estimate of drug-likeness (QED) is 0.823. The van der Waals surface area contributed by atoms with Gasteiger partial charge in [-0.3, -0.25) is 0 Å². The van der Waals surface area contributed by atoms with E-state index in [1.165, 1.54) is 22.3 Å². The Bertz CT molecular complexity index is 477. The molecule has 0 spiro atoms. The van der Waals surface area contributed by atoms with Gasteiger partial charge in [0.2, 0.25) is 0 Å². The Morgan fingerprint density at radius 2 is 1.79 bits per heavy atom. The molecule has 2 heteroatoms. The number of ether oxygens (including phenoxy) is 1. The van der Waals surface area contributed by atoms with Crippen LogP contribution in [0.5, 0.6) is 5.75 Å². The fourth-order valence-corrected chi connectivity index (χ4v) is 3.34. The third-order valence-electron chi connectivity index (χ3n) is 4.31. The number of hydrogen-bond acceptors (Lipinski definition) is 2. The molecule has 2 nitrogen and oxygen atoms in total. The fraction of sp³-hybridized carbons (Fsp3) is 0.647. The molecule has 19 heavy (non-hydrogen) atoms. The summed E-state index contributed by atoms with van der Waals surface area (Å²) >= 11 is 0. The highest BCUT2D eigenvalue weighted by Crippen LogP contribution is 2.45. The van der Waals surface area contributed by atoms with Crippen LogP contribution in [0.1, 0.15) is 69.2 Å². The zero-order chi connectivity index (χ0) is 14.2. The second kappa shape index (κ2) is 5.44. The molecular weight excluding hydrogens is 234 g/mol. The van der Waals surface area contributed by atoms with Crippen molar-refractivity contribution in [1.29, 1.82) is 0 Å². The summed E-state index contributed by atoms with van der Waals surface area (Å²) in [6.45, 7) is 11.1. The van der Waals surface area contributed by atoms with Gasteiger partial charge >= 0.3 is 0 Å². The lowest BCUT2D eigenvalue weighted by Crippen LogP contribution is -2.11. The maximum absolute atomic E-state index is 6.45. The minimum absolute atomic E-state index is 0.337. The van der Waals surface area contributed by atoms with Crippen LogP contribution >= 0.6 is 0 Å². The number of anilines is 1. The number of nitrogens with two attached hydrogens (primary N) is 1. The highest BCUT2D eigenvalue weighted by Gasteiger charge is 2.31. The molecule has 1 atom stereocenters. The van der Waals surface area contributed by atoms with Crippen LogP contribution in [0, 0.1) is 0 Å². The standard InChI is InChI=1S/C17H27NO/c1-6-11-9-14-12(7-2)16(18)13(8-3)15(10(4)5)17(14)19-11/h10-11H,6-9,18H2,1-5H3. The highest BCUT2D eigenvalue weighted by atomic mass is 16.5. The van der Waals surface area contributed by atoms with E-state index >= 15 is 0 Å². The minimum Gasteiger partial charge on any atom is -0.489 e. The first-order valence-electron chi connectivity index (χ1n) is 7.67. The molecule has 1 aromatic carbocycles. The molecule has 106 valence electrons. The van der Waals surface area contributed by atoms with Crippen molar-refractivity contribution in [1.82, 2.24) is 0 Å². The Morgan fingerprint density at radius 3 is 2.26 bits per heavy atom. The van der Waals surface area contributed by atoms with Crippen molar-refractivity contribution in [2.45, 2.75) is 72.3 Å². The van der Waals surface area contributed by atoms with Gasteiger partial charge < -0.3 is 10.5 Å². The van der Waals surface area contributed by atoms with Crippen molar-refractivity contribution in [3.8, 4) is 5.75 Å². The van der Waals surface area contributed by atoms with E-state index in [2.05, 4.69) is 34.6 Å². The first-order valence-corrected chi connectivity index (χ1v) is 7.67. The largest absolute Gasteiger partial charge is 0.489 e. The molecule has 2 rings (SSSR count). The number of benzene rings is 1. The Kier molecular flexibility index (Phi) is 4.07. The monoisotopic (exact) mass is 261 g/mol. The topological polar surface area (TPSA) is 35.2 Å². The number of hydrogen-bond donors (Lipinski definition) is 1. The van der Waals surface area contributed by atoms with Crippen LogP contribution in [0.4, 0.5) is 5.69 Å². The molecule has 1 heterocycles. The lowest BCUT2D eigenvalue weighted by Gasteiger charge is -2.22. The maximum atomic E-state index is 6.45. The summed E-state index contributed by atoms with van der Waals surface area (Å²) < 4.78 is 6.23. The lowest BCUT2D eigenvalue weighted by atomic mass is 9.86. The summed E-state index contributed by atoms with van der Waals surface area (Å²) in [5.41, 5.74) is 12.8. The Labute approximate surface area is 117 Å². The minimum atomic E-state index is 0.337. The third kappa shape index (κ3) is 2.22. The van der Waals surface area contributed by atoms with E-state index in [-0.39, 0.29) is 0 Å². The van der Waals surface area contributed by atoms with Gasteiger partial charge in [0, 0.05) is 23.2 Å². The molecule has 2 N–H and O–H groups in total. The Hall–Kier alpha value is -1.18. The molecule has 0 fully saturated rings. The van der Waals surface area contributed by atoms with Crippen LogP contribution in [0.15, 0.2) is 0 Å². The van der Waals surface area contributed by atoms with Gasteiger partial charge in [-0.25, -0.2) is 0 Å². The Balaban J connectivity index is 2.69. The molecule has 0 bridgehead atoms. The van der Waals surface area contributed by atoms with Crippen molar-refractivity contribution in [2.24, 2.45) is 0 Å². The van der Waals surface area contributed by atoms with E-state index in [4.69, 9.17) is 10.5 Å². The van der Waals surface area contributed by atoms with Gasteiger partial charge in [-0.15, -0.1) is 0 Å². The number of nitrogen functional groups attached to an aromatic ring is 1.